The third-order valence-electron chi connectivity index (χ3n) is 5.15. The molecule has 24 heavy (non-hydrogen) atoms. The number of carbonyl (C=O) groups is 2. The maximum Gasteiger partial charge on any atom is 0.410 e. The first kappa shape index (κ1) is 16.9. The van der Waals surface area contributed by atoms with Crippen molar-refractivity contribution >= 4 is 19.3 Å². The molecule has 1 aromatic carbocycles. The maximum absolute atomic E-state index is 12.3. The van der Waals surface area contributed by atoms with E-state index in [-0.39, 0.29) is 17.9 Å². The molecule has 0 aromatic heterocycles. The molecule has 0 saturated carbocycles. The van der Waals surface area contributed by atoms with Gasteiger partial charge in [-0.05, 0) is 37.1 Å². The zero-order valence-corrected chi connectivity index (χ0v) is 14.1. The van der Waals surface area contributed by atoms with E-state index in [1.54, 1.807) is 4.90 Å². The standard InChI is InChI=1S/C18H24BNO4/c1-2-23-17(21)15-10-14-8-9-20(11-16(14)19-15)18(22)24-12-13-6-4-3-5-7-13/h3-7,14-16,19H,2,8-12H2,1H3/t14-,15-,16-/m0/s1. The predicted octanol–water partition coefficient (Wildman–Crippen LogP) is 2.63. The van der Waals surface area contributed by atoms with Crippen LogP contribution in [0.1, 0.15) is 25.3 Å². The van der Waals surface area contributed by atoms with Gasteiger partial charge in [-0.25, -0.2) is 4.79 Å². The van der Waals surface area contributed by atoms with Crippen LogP contribution in [0.15, 0.2) is 30.3 Å². The van der Waals surface area contributed by atoms with Crippen molar-refractivity contribution < 1.29 is 19.1 Å². The first-order chi connectivity index (χ1) is 11.7. The van der Waals surface area contributed by atoms with E-state index in [1.165, 1.54) is 0 Å². The van der Waals surface area contributed by atoms with E-state index < -0.39 is 0 Å². The lowest BCUT2D eigenvalue weighted by molar-refractivity contribution is -0.143. The summed E-state index contributed by atoms with van der Waals surface area (Å²) in [7, 11) is 0.825. The highest BCUT2D eigenvalue weighted by Crippen LogP contribution is 2.43. The molecule has 0 unspecified atom stereocenters. The summed E-state index contributed by atoms with van der Waals surface area (Å²) >= 11 is 0. The van der Waals surface area contributed by atoms with Gasteiger partial charge in [0.15, 0.2) is 0 Å². The number of likely N-dealkylation sites (tertiary alicyclic amines) is 1. The number of esters is 1. The molecular weight excluding hydrogens is 305 g/mol. The van der Waals surface area contributed by atoms with E-state index in [9.17, 15) is 9.59 Å². The maximum atomic E-state index is 12.3. The van der Waals surface area contributed by atoms with Gasteiger partial charge >= 0.3 is 12.1 Å². The van der Waals surface area contributed by atoms with Crippen molar-refractivity contribution in [2.45, 2.75) is 38.0 Å². The van der Waals surface area contributed by atoms with Crippen molar-refractivity contribution in [3.05, 3.63) is 35.9 Å². The molecule has 1 aromatic rings. The lowest BCUT2D eigenvalue weighted by atomic mass is 9.58. The van der Waals surface area contributed by atoms with E-state index >= 15 is 0 Å². The zero-order valence-electron chi connectivity index (χ0n) is 14.1. The van der Waals surface area contributed by atoms with Crippen LogP contribution in [0.5, 0.6) is 0 Å². The minimum absolute atomic E-state index is 0.000221. The number of hydrogen-bond acceptors (Lipinski definition) is 4. The number of hydrogen-bond donors (Lipinski definition) is 0. The number of amides is 1. The second kappa shape index (κ2) is 7.73. The summed E-state index contributed by atoms with van der Waals surface area (Å²) in [4.78, 5) is 26.0. The minimum atomic E-state index is -0.253. The van der Waals surface area contributed by atoms with E-state index in [0.29, 0.717) is 38.0 Å². The Kier molecular flexibility index (Phi) is 5.43. The molecule has 2 aliphatic rings. The average Bonchev–Trinajstić information content (AvgIpc) is 3.04. The van der Waals surface area contributed by atoms with Gasteiger partial charge in [0.05, 0.1) is 6.61 Å². The molecule has 2 aliphatic heterocycles. The number of piperidine rings is 1. The number of rotatable bonds is 4. The Morgan fingerprint density at radius 3 is 2.79 bits per heavy atom. The SMILES string of the molecule is CCOC(=O)[C@H]1B[C@H]2CN(C(=O)OCc3ccccc3)CC[C@H]2C1. The molecule has 3 atom stereocenters. The monoisotopic (exact) mass is 329 g/mol. The minimum Gasteiger partial charge on any atom is -0.466 e. The van der Waals surface area contributed by atoms with Gasteiger partial charge in [0.25, 0.3) is 0 Å². The van der Waals surface area contributed by atoms with Gasteiger partial charge in [0.1, 0.15) is 13.9 Å². The van der Waals surface area contributed by atoms with Crippen LogP contribution in [0.3, 0.4) is 0 Å². The van der Waals surface area contributed by atoms with E-state index in [4.69, 9.17) is 9.47 Å². The van der Waals surface area contributed by atoms with Crippen LogP contribution in [-0.4, -0.2) is 43.9 Å². The highest BCUT2D eigenvalue weighted by Gasteiger charge is 2.43. The highest BCUT2D eigenvalue weighted by atomic mass is 16.6. The molecule has 3 rings (SSSR count). The zero-order chi connectivity index (χ0) is 16.9. The summed E-state index contributed by atoms with van der Waals surface area (Å²) < 4.78 is 10.6. The van der Waals surface area contributed by atoms with Crippen LogP contribution in [-0.2, 0) is 20.9 Å². The number of carbonyl (C=O) groups excluding carboxylic acids is 2. The molecule has 2 heterocycles. The molecule has 0 aliphatic carbocycles. The third-order valence-corrected chi connectivity index (χ3v) is 5.15. The van der Waals surface area contributed by atoms with Crippen molar-refractivity contribution in [2.24, 2.45) is 5.92 Å². The van der Waals surface area contributed by atoms with E-state index in [0.717, 1.165) is 25.7 Å². The fourth-order valence-electron chi connectivity index (χ4n) is 3.91. The first-order valence-corrected chi connectivity index (χ1v) is 8.79. The summed E-state index contributed by atoms with van der Waals surface area (Å²) in [5.74, 6) is 0.834. The summed E-state index contributed by atoms with van der Waals surface area (Å²) in [5.41, 5.74) is 0.990. The lowest BCUT2D eigenvalue weighted by Crippen LogP contribution is -2.41. The molecule has 1 amide bonds. The molecule has 128 valence electrons. The second-order valence-corrected chi connectivity index (χ2v) is 6.72. The summed E-state index contributed by atoms with van der Waals surface area (Å²) in [6.07, 6.45) is 1.59. The Morgan fingerprint density at radius 2 is 2.04 bits per heavy atom. The van der Waals surface area contributed by atoms with Gasteiger partial charge in [-0.1, -0.05) is 30.3 Å². The fraction of sp³-hybridized carbons (Fsp3) is 0.556. The van der Waals surface area contributed by atoms with Crippen molar-refractivity contribution in [1.29, 1.82) is 0 Å². The van der Waals surface area contributed by atoms with Crippen LogP contribution in [0.25, 0.3) is 0 Å². The molecular formula is C18H24BNO4. The van der Waals surface area contributed by atoms with Crippen LogP contribution in [0, 0.1) is 5.92 Å². The number of nitrogens with zero attached hydrogens (tertiary/aromatic N) is 1. The van der Waals surface area contributed by atoms with Gasteiger partial charge in [0, 0.05) is 18.9 Å². The Balaban J connectivity index is 1.49. The lowest BCUT2D eigenvalue weighted by Gasteiger charge is -2.34. The summed E-state index contributed by atoms with van der Waals surface area (Å²) in [5, 5.41) is 0. The molecule has 0 spiro atoms. The highest BCUT2D eigenvalue weighted by molar-refractivity contribution is 6.46. The van der Waals surface area contributed by atoms with E-state index in [1.807, 2.05) is 37.3 Å². The quantitative estimate of drug-likeness (QED) is 0.629. The predicted molar refractivity (Wildman–Crippen MR) is 92.2 cm³/mol. The van der Waals surface area contributed by atoms with Crippen LogP contribution < -0.4 is 0 Å². The molecule has 6 heteroatoms. The van der Waals surface area contributed by atoms with Gasteiger partial charge in [0.2, 0.25) is 0 Å². The van der Waals surface area contributed by atoms with Crippen LogP contribution in [0.4, 0.5) is 4.79 Å². The fourth-order valence-corrected chi connectivity index (χ4v) is 3.91. The summed E-state index contributed by atoms with van der Waals surface area (Å²) in [6, 6.07) is 9.70. The average molecular weight is 329 g/mol. The van der Waals surface area contributed by atoms with Crippen molar-refractivity contribution in [3.63, 3.8) is 0 Å². The number of fused-ring (bicyclic) bond motifs is 1. The molecule has 0 radical (unpaired) electrons. The molecule has 2 fully saturated rings. The van der Waals surface area contributed by atoms with E-state index in [2.05, 4.69) is 0 Å². The van der Waals surface area contributed by atoms with Gasteiger partial charge in [-0.2, -0.15) is 0 Å². The van der Waals surface area contributed by atoms with Gasteiger partial charge in [-0.3, -0.25) is 4.79 Å². The Hall–Kier alpha value is -1.98. The Bertz CT molecular complexity index is 580. The Labute approximate surface area is 143 Å². The first-order valence-electron chi connectivity index (χ1n) is 8.79. The normalized spacial score (nSPS) is 25.5. The Morgan fingerprint density at radius 1 is 1.25 bits per heavy atom. The third kappa shape index (κ3) is 3.92. The summed E-state index contributed by atoms with van der Waals surface area (Å²) in [6.45, 7) is 3.97. The van der Waals surface area contributed by atoms with Crippen LogP contribution >= 0.6 is 0 Å². The molecule has 2 saturated heterocycles. The molecule has 5 nitrogen and oxygen atoms in total. The van der Waals surface area contributed by atoms with Crippen molar-refractivity contribution in [2.75, 3.05) is 19.7 Å². The molecule has 0 bridgehead atoms. The van der Waals surface area contributed by atoms with Gasteiger partial charge < -0.3 is 14.4 Å². The topological polar surface area (TPSA) is 55.8 Å². The number of benzene rings is 1. The molecule has 0 N–H and O–H groups in total. The second-order valence-electron chi connectivity index (χ2n) is 6.72. The van der Waals surface area contributed by atoms with Crippen LogP contribution in [0.2, 0.25) is 11.6 Å². The van der Waals surface area contributed by atoms with Gasteiger partial charge in [-0.15, -0.1) is 0 Å². The van der Waals surface area contributed by atoms with Crippen molar-refractivity contribution in [1.82, 2.24) is 4.90 Å². The largest absolute Gasteiger partial charge is 0.466 e. The smallest absolute Gasteiger partial charge is 0.410 e. The number of ether oxygens (including phenoxy) is 2. The van der Waals surface area contributed by atoms with Crippen molar-refractivity contribution in [3.8, 4) is 0 Å².